The summed E-state index contributed by atoms with van der Waals surface area (Å²) >= 11 is 5.34. The molecule has 0 amide bonds. The second-order valence-corrected chi connectivity index (χ2v) is 4.31. The minimum Gasteiger partial charge on any atom is -0.497 e. The number of methoxy groups -OCH3 is 1. The summed E-state index contributed by atoms with van der Waals surface area (Å²) in [6.45, 7) is 1.95. The Hall–Kier alpha value is -1.33. The third-order valence-electron chi connectivity index (χ3n) is 2.70. The Balaban J connectivity index is 1.92. The molecule has 0 spiro atoms. The van der Waals surface area contributed by atoms with Gasteiger partial charge < -0.3 is 10.1 Å². The summed E-state index contributed by atoms with van der Waals surface area (Å²) < 4.78 is 5.11. The summed E-state index contributed by atoms with van der Waals surface area (Å²) in [5.74, 6) is 0.845. The van der Waals surface area contributed by atoms with Crippen LogP contribution in [0.2, 0.25) is 0 Å². The Morgan fingerprint density at radius 3 is 2.71 bits per heavy atom. The lowest BCUT2D eigenvalue weighted by Crippen LogP contribution is -2.48. The van der Waals surface area contributed by atoms with Gasteiger partial charge in [0.15, 0.2) is 5.11 Å². The summed E-state index contributed by atoms with van der Waals surface area (Å²) in [5, 5.41) is 5.91. The van der Waals surface area contributed by atoms with E-state index in [-0.39, 0.29) is 0 Å². The monoisotopic (exact) mass is 251 g/mol. The van der Waals surface area contributed by atoms with Crippen LogP contribution in [0.15, 0.2) is 24.3 Å². The lowest BCUT2D eigenvalue weighted by Gasteiger charge is -2.30. The normalized spacial score (nSPS) is 15.5. The van der Waals surface area contributed by atoms with Crippen LogP contribution in [0, 0.1) is 0 Å². The highest BCUT2D eigenvalue weighted by atomic mass is 32.1. The molecule has 2 N–H and O–H groups in total. The van der Waals surface area contributed by atoms with Gasteiger partial charge in [0.1, 0.15) is 5.75 Å². The Kier molecular flexibility index (Phi) is 4.17. The molecular weight excluding hydrogens is 234 g/mol. The third-order valence-corrected chi connectivity index (χ3v) is 3.02. The van der Waals surface area contributed by atoms with Crippen molar-refractivity contribution in [3.63, 3.8) is 0 Å². The number of hydrogen-bond acceptors (Lipinski definition) is 3. The predicted octanol–water partition coefficient (Wildman–Crippen LogP) is 1.99. The number of nitrogens with zero attached hydrogens (tertiary/aromatic N) is 1. The van der Waals surface area contributed by atoms with Crippen LogP contribution in [0.1, 0.15) is 12.8 Å². The van der Waals surface area contributed by atoms with Crippen LogP contribution in [0.5, 0.6) is 5.75 Å². The lowest BCUT2D eigenvalue weighted by molar-refractivity contribution is 0.261. The molecule has 1 saturated heterocycles. The predicted molar refractivity (Wildman–Crippen MR) is 73.2 cm³/mol. The molecule has 17 heavy (non-hydrogen) atoms. The van der Waals surface area contributed by atoms with Gasteiger partial charge in [0.2, 0.25) is 0 Å². The molecule has 0 atom stereocenters. The maximum atomic E-state index is 5.34. The molecule has 1 aliphatic rings. The second kappa shape index (κ2) is 5.84. The number of hydrazine groups is 1. The van der Waals surface area contributed by atoms with Crippen LogP contribution in [0.25, 0.3) is 0 Å². The maximum Gasteiger partial charge on any atom is 0.187 e. The average Bonchev–Trinajstić information content (AvgIpc) is 2.40. The van der Waals surface area contributed by atoms with Crippen molar-refractivity contribution in [3.05, 3.63) is 24.3 Å². The van der Waals surface area contributed by atoms with E-state index in [9.17, 15) is 0 Å². The standard InChI is InChI=1S/C12H17N3OS/c1-16-11-6-4-10(5-7-11)14-12(17)15-9-3-2-8-13-15/h4-7,13H,2-3,8-9H2,1H3,(H,14,17). The first kappa shape index (κ1) is 12.1. The fourth-order valence-electron chi connectivity index (χ4n) is 1.73. The van der Waals surface area contributed by atoms with Gasteiger partial charge in [-0.05, 0) is 49.3 Å². The van der Waals surface area contributed by atoms with Crippen molar-refractivity contribution < 1.29 is 4.74 Å². The average molecular weight is 251 g/mol. The van der Waals surface area contributed by atoms with Gasteiger partial charge in [0, 0.05) is 18.8 Å². The molecule has 0 unspecified atom stereocenters. The molecule has 1 aromatic rings. The van der Waals surface area contributed by atoms with Crippen molar-refractivity contribution in [2.24, 2.45) is 0 Å². The number of ether oxygens (including phenoxy) is 1. The van der Waals surface area contributed by atoms with Crippen LogP contribution >= 0.6 is 12.2 Å². The van der Waals surface area contributed by atoms with E-state index in [4.69, 9.17) is 17.0 Å². The van der Waals surface area contributed by atoms with Gasteiger partial charge in [0.05, 0.1) is 7.11 Å². The summed E-state index contributed by atoms with van der Waals surface area (Å²) in [7, 11) is 1.66. The molecule has 0 saturated carbocycles. The van der Waals surface area contributed by atoms with Gasteiger partial charge in [-0.25, -0.2) is 5.43 Å². The number of benzene rings is 1. The van der Waals surface area contributed by atoms with Gasteiger partial charge in [-0.1, -0.05) is 0 Å². The minimum atomic E-state index is 0.717. The number of hydrogen-bond donors (Lipinski definition) is 2. The molecule has 1 fully saturated rings. The van der Waals surface area contributed by atoms with E-state index in [1.807, 2.05) is 29.3 Å². The zero-order chi connectivity index (χ0) is 12.1. The van der Waals surface area contributed by atoms with E-state index in [1.165, 1.54) is 12.8 Å². The first-order valence-electron chi connectivity index (χ1n) is 5.75. The van der Waals surface area contributed by atoms with Crippen LogP contribution < -0.4 is 15.5 Å². The van der Waals surface area contributed by atoms with Crippen LogP contribution in [-0.2, 0) is 0 Å². The zero-order valence-corrected chi connectivity index (χ0v) is 10.7. The van der Waals surface area contributed by atoms with Crippen LogP contribution in [-0.4, -0.2) is 30.3 Å². The Morgan fingerprint density at radius 2 is 2.12 bits per heavy atom. The summed E-state index contributed by atoms with van der Waals surface area (Å²) in [6.07, 6.45) is 2.39. The van der Waals surface area contributed by atoms with Crippen molar-refractivity contribution >= 4 is 23.0 Å². The van der Waals surface area contributed by atoms with Crippen LogP contribution in [0.4, 0.5) is 5.69 Å². The highest BCUT2D eigenvalue weighted by Crippen LogP contribution is 2.15. The fraction of sp³-hybridized carbons (Fsp3) is 0.417. The molecule has 0 radical (unpaired) electrons. The number of rotatable bonds is 2. The van der Waals surface area contributed by atoms with Crippen molar-refractivity contribution in [1.29, 1.82) is 0 Å². The summed E-state index contributed by atoms with van der Waals surface area (Å²) in [5.41, 5.74) is 4.24. The molecule has 1 aromatic carbocycles. The first-order chi connectivity index (χ1) is 8.29. The molecule has 0 bridgehead atoms. The Bertz CT molecular complexity index is 374. The number of anilines is 1. The number of nitrogens with one attached hydrogen (secondary N) is 2. The minimum absolute atomic E-state index is 0.717. The molecule has 1 aliphatic heterocycles. The van der Waals surface area contributed by atoms with E-state index in [0.29, 0.717) is 0 Å². The highest BCUT2D eigenvalue weighted by Gasteiger charge is 2.12. The zero-order valence-electron chi connectivity index (χ0n) is 9.90. The molecule has 4 nitrogen and oxygen atoms in total. The number of thiocarbonyl (C=S) groups is 1. The van der Waals surface area contributed by atoms with E-state index in [2.05, 4.69) is 10.7 Å². The molecule has 1 heterocycles. The van der Waals surface area contributed by atoms with Gasteiger partial charge in [-0.15, -0.1) is 0 Å². The fourth-order valence-corrected chi connectivity index (χ4v) is 2.00. The molecular formula is C12H17N3OS. The topological polar surface area (TPSA) is 36.5 Å². The molecule has 0 aliphatic carbocycles. The van der Waals surface area contributed by atoms with E-state index in [0.717, 1.165) is 29.6 Å². The van der Waals surface area contributed by atoms with E-state index >= 15 is 0 Å². The summed E-state index contributed by atoms with van der Waals surface area (Å²) in [6, 6.07) is 7.73. The van der Waals surface area contributed by atoms with E-state index < -0.39 is 0 Å². The van der Waals surface area contributed by atoms with Crippen molar-refractivity contribution in [1.82, 2.24) is 10.4 Å². The quantitative estimate of drug-likeness (QED) is 0.786. The Morgan fingerprint density at radius 1 is 1.35 bits per heavy atom. The van der Waals surface area contributed by atoms with E-state index in [1.54, 1.807) is 7.11 Å². The van der Waals surface area contributed by atoms with Gasteiger partial charge in [-0.2, -0.15) is 0 Å². The summed E-state index contributed by atoms with van der Waals surface area (Å²) in [4.78, 5) is 0. The van der Waals surface area contributed by atoms with Crippen molar-refractivity contribution in [3.8, 4) is 5.75 Å². The molecule has 5 heteroatoms. The second-order valence-electron chi connectivity index (χ2n) is 3.93. The van der Waals surface area contributed by atoms with Crippen molar-refractivity contribution in [2.75, 3.05) is 25.5 Å². The maximum absolute atomic E-state index is 5.34. The highest BCUT2D eigenvalue weighted by molar-refractivity contribution is 7.80. The SMILES string of the molecule is COc1ccc(NC(=S)N2CCCCN2)cc1. The lowest BCUT2D eigenvalue weighted by atomic mass is 10.3. The first-order valence-corrected chi connectivity index (χ1v) is 6.16. The van der Waals surface area contributed by atoms with Crippen LogP contribution in [0.3, 0.4) is 0 Å². The Labute approximate surface area is 107 Å². The largest absolute Gasteiger partial charge is 0.497 e. The smallest absolute Gasteiger partial charge is 0.187 e. The van der Waals surface area contributed by atoms with Gasteiger partial charge >= 0.3 is 0 Å². The molecule has 2 rings (SSSR count). The third kappa shape index (κ3) is 3.31. The molecule has 0 aromatic heterocycles. The van der Waals surface area contributed by atoms with Crippen molar-refractivity contribution in [2.45, 2.75) is 12.8 Å². The van der Waals surface area contributed by atoms with Gasteiger partial charge in [-0.3, -0.25) is 5.01 Å². The van der Waals surface area contributed by atoms with Gasteiger partial charge in [0.25, 0.3) is 0 Å². The molecule has 92 valence electrons.